The van der Waals surface area contributed by atoms with Crippen molar-refractivity contribution in [2.24, 2.45) is 0 Å². The summed E-state index contributed by atoms with van der Waals surface area (Å²) in [6.45, 7) is 1.92. The van der Waals surface area contributed by atoms with Crippen LogP contribution < -0.4 is 0 Å². The second kappa shape index (κ2) is 5.46. The molecule has 2 rings (SSSR count). The summed E-state index contributed by atoms with van der Waals surface area (Å²) >= 11 is 7.15. The lowest BCUT2D eigenvalue weighted by atomic mass is 10.3. The summed E-state index contributed by atoms with van der Waals surface area (Å²) in [5, 5.41) is 9.99. The molecule has 0 bridgehead atoms. The van der Waals surface area contributed by atoms with Crippen molar-refractivity contribution in [1.82, 2.24) is 9.55 Å². The van der Waals surface area contributed by atoms with E-state index in [9.17, 15) is 4.79 Å². The number of carboxylic acid groups (broad SMARTS) is 1. The van der Waals surface area contributed by atoms with E-state index >= 15 is 0 Å². The molecule has 0 aliphatic heterocycles. The van der Waals surface area contributed by atoms with Gasteiger partial charge in [-0.1, -0.05) is 29.4 Å². The molecule has 94 valence electrons. The van der Waals surface area contributed by atoms with Crippen LogP contribution >= 0.6 is 23.4 Å². The number of hydrogen-bond donors (Lipinski definition) is 1. The Labute approximate surface area is 114 Å². The zero-order chi connectivity index (χ0) is 13.1. The lowest BCUT2D eigenvalue weighted by molar-refractivity contribution is -0.133. The van der Waals surface area contributed by atoms with E-state index < -0.39 is 5.97 Å². The average molecular weight is 283 g/mol. The predicted octanol–water partition coefficient (Wildman–Crippen LogP) is 3.01. The molecule has 1 aromatic heterocycles. The Morgan fingerprint density at radius 3 is 3.00 bits per heavy atom. The van der Waals surface area contributed by atoms with Gasteiger partial charge in [0.25, 0.3) is 0 Å². The van der Waals surface area contributed by atoms with Crippen LogP contribution in [0.4, 0.5) is 0 Å². The maximum atomic E-state index is 10.6. The highest BCUT2D eigenvalue weighted by atomic mass is 35.5. The normalized spacial score (nSPS) is 10.6. The molecule has 2 aromatic rings. The van der Waals surface area contributed by atoms with E-state index in [1.165, 1.54) is 11.8 Å². The fourth-order valence-corrected chi connectivity index (χ4v) is 2.52. The first-order chi connectivity index (χ1) is 8.58. The van der Waals surface area contributed by atoms with Gasteiger partial charge >= 0.3 is 5.97 Å². The Morgan fingerprint density at radius 1 is 1.56 bits per heavy atom. The van der Waals surface area contributed by atoms with Gasteiger partial charge in [0, 0.05) is 22.6 Å². The number of carbonyl (C=O) groups is 1. The van der Waals surface area contributed by atoms with E-state index in [-0.39, 0.29) is 5.75 Å². The number of rotatable bonds is 4. The number of imidazole rings is 1. The van der Waals surface area contributed by atoms with E-state index in [4.69, 9.17) is 16.7 Å². The lowest BCUT2D eigenvalue weighted by Gasteiger charge is -2.09. The van der Waals surface area contributed by atoms with Gasteiger partial charge in [0.05, 0.1) is 5.75 Å². The van der Waals surface area contributed by atoms with Crippen LogP contribution in [0.1, 0.15) is 5.69 Å². The molecule has 18 heavy (non-hydrogen) atoms. The molecule has 1 N–H and O–H groups in total. The summed E-state index contributed by atoms with van der Waals surface area (Å²) in [5.41, 5.74) is 1.82. The third-order valence-corrected chi connectivity index (χ3v) is 3.47. The molecule has 6 heteroatoms. The summed E-state index contributed by atoms with van der Waals surface area (Å²) in [5.74, 6) is -0.880. The number of benzene rings is 1. The Kier molecular flexibility index (Phi) is 3.93. The summed E-state index contributed by atoms with van der Waals surface area (Å²) in [7, 11) is 0. The number of aliphatic carboxylic acids is 1. The monoisotopic (exact) mass is 282 g/mol. The zero-order valence-electron chi connectivity index (χ0n) is 9.63. The molecule has 0 radical (unpaired) electrons. The van der Waals surface area contributed by atoms with Crippen LogP contribution in [0.3, 0.4) is 0 Å². The molecular weight excluding hydrogens is 272 g/mol. The molecule has 0 atom stereocenters. The van der Waals surface area contributed by atoms with Crippen molar-refractivity contribution in [3.8, 4) is 5.69 Å². The van der Waals surface area contributed by atoms with Gasteiger partial charge in [-0.3, -0.25) is 9.36 Å². The second-order valence-corrected chi connectivity index (χ2v) is 5.06. The number of carboxylic acids is 1. The van der Waals surface area contributed by atoms with Gasteiger partial charge in [0.2, 0.25) is 0 Å². The van der Waals surface area contributed by atoms with Crippen molar-refractivity contribution in [2.75, 3.05) is 5.75 Å². The van der Waals surface area contributed by atoms with Crippen LogP contribution in [-0.2, 0) is 4.79 Å². The summed E-state index contributed by atoms with van der Waals surface area (Å²) < 4.78 is 1.89. The molecule has 0 aliphatic carbocycles. The molecular formula is C12H11ClN2O2S. The molecule has 4 nitrogen and oxygen atoms in total. The van der Waals surface area contributed by atoms with Crippen molar-refractivity contribution in [3.63, 3.8) is 0 Å². The molecule has 1 aromatic carbocycles. The van der Waals surface area contributed by atoms with E-state index in [1.54, 1.807) is 12.3 Å². The number of halogens is 1. The van der Waals surface area contributed by atoms with Crippen LogP contribution in [0.2, 0.25) is 5.02 Å². The minimum Gasteiger partial charge on any atom is -0.481 e. The van der Waals surface area contributed by atoms with Gasteiger partial charge in [-0.15, -0.1) is 0 Å². The van der Waals surface area contributed by atoms with Gasteiger partial charge in [-0.25, -0.2) is 4.98 Å². The largest absolute Gasteiger partial charge is 0.481 e. The molecule has 0 saturated carbocycles. The molecule has 1 heterocycles. The molecule has 0 fully saturated rings. The Hall–Kier alpha value is -1.46. The van der Waals surface area contributed by atoms with E-state index in [2.05, 4.69) is 4.98 Å². The summed E-state index contributed by atoms with van der Waals surface area (Å²) in [4.78, 5) is 14.8. The van der Waals surface area contributed by atoms with Crippen molar-refractivity contribution in [3.05, 3.63) is 41.2 Å². The maximum Gasteiger partial charge on any atom is 0.313 e. The van der Waals surface area contributed by atoms with Crippen molar-refractivity contribution < 1.29 is 9.90 Å². The minimum absolute atomic E-state index is 0.0168. The lowest BCUT2D eigenvalue weighted by Crippen LogP contribution is -2.02. The van der Waals surface area contributed by atoms with Crippen LogP contribution in [0, 0.1) is 6.92 Å². The predicted molar refractivity (Wildman–Crippen MR) is 71.7 cm³/mol. The van der Waals surface area contributed by atoms with E-state index in [1.807, 2.05) is 29.7 Å². The number of thioether (sulfide) groups is 1. The van der Waals surface area contributed by atoms with E-state index in [0.29, 0.717) is 10.2 Å². The van der Waals surface area contributed by atoms with Crippen molar-refractivity contribution in [2.45, 2.75) is 12.1 Å². The highest BCUT2D eigenvalue weighted by Crippen LogP contribution is 2.24. The van der Waals surface area contributed by atoms with Crippen LogP contribution in [0.15, 0.2) is 35.6 Å². The fourth-order valence-electron chi connectivity index (χ4n) is 1.57. The van der Waals surface area contributed by atoms with Gasteiger partial charge in [-0.2, -0.15) is 0 Å². The topological polar surface area (TPSA) is 55.1 Å². The molecule has 0 spiro atoms. The first kappa shape index (κ1) is 13.0. The van der Waals surface area contributed by atoms with Gasteiger partial charge < -0.3 is 5.11 Å². The number of hydrogen-bond acceptors (Lipinski definition) is 3. The molecule has 0 aliphatic rings. The zero-order valence-corrected chi connectivity index (χ0v) is 11.2. The van der Waals surface area contributed by atoms with Gasteiger partial charge in [-0.05, 0) is 25.1 Å². The second-order valence-electron chi connectivity index (χ2n) is 3.68. The first-order valence-corrected chi connectivity index (χ1v) is 6.59. The third-order valence-electron chi connectivity index (χ3n) is 2.30. The molecule has 0 saturated heterocycles. The van der Waals surface area contributed by atoms with Gasteiger partial charge in [0.15, 0.2) is 5.16 Å². The summed E-state index contributed by atoms with van der Waals surface area (Å²) in [6, 6.07) is 7.37. The SMILES string of the molecule is Cc1cnc(SCC(=O)O)n1-c1cccc(Cl)c1. The quantitative estimate of drug-likeness (QED) is 0.876. The smallest absolute Gasteiger partial charge is 0.313 e. The minimum atomic E-state index is -0.863. The van der Waals surface area contributed by atoms with Crippen molar-refractivity contribution >= 4 is 29.3 Å². The highest BCUT2D eigenvalue weighted by molar-refractivity contribution is 7.99. The average Bonchev–Trinajstić information content (AvgIpc) is 2.68. The van der Waals surface area contributed by atoms with E-state index in [0.717, 1.165) is 11.4 Å². The number of aryl methyl sites for hydroxylation is 1. The standard InChI is InChI=1S/C12H11ClN2O2S/c1-8-6-14-12(18-7-11(16)17)15(8)10-4-2-3-9(13)5-10/h2-6H,7H2,1H3,(H,16,17). The highest BCUT2D eigenvalue weighted by Gasteiger charge is 2.11. The maximum absolute atomic E-state index is 10.6. The molecule has 0 amide bonds. The Balaban J connectivity index is 2.37. The molecule has 0 unspecified atom stereocenters. The Morgan fingerprint density at radius 2 is 2.33 bits per heavy atom. The summed E-state index contributed by atoms with van der Waals surface area (Å²) in [6.07, 6.45) is 1.71. The fraction of sp³-hybridized carbons (Fsp3) is 0.167. The van der Waals surface area contributed by atoms with Crippen LogP contribution in [0.25, 0.3) is 5.69 Å². The number of nitrogens with zero attached hydrogens (tertiary/aromatic N) is 2. The first-order valence-electron chi connectivity index (χ1n) is 5.23. The number of aromatic nitrogens is 2. The van der Waals surface area contributed by atoms with Gasteiger partial charge in [0.1, 0.15) is 0 Å². The Bertz CT molecular complexity index is 583. The van der Waals surface area contributed by atoms with Crippen LogP contribution in [0.5, 0.6) is 0 Å². The van der Waals surface area contributed by atoms with Crippen LogP contribution in [-0.4, -0.2) is 26.4 Å². The van der Waals surface area contributed by atoms with Crippen molar-refractivity contribution in [1.29, 1.82) is 0 Å². The third kappa shape index (κ3) is 2.86.